The summed E-state index contributed by atoms with van der Waals surface area (Å²) in [6.45, 7) is 8.75. The van der Waals surface area contributed by atoms with Crippen LogP contribution in [-0.2, 0) is 10.5 Å². The molecule has 0 aliphatic heterocycles. The van der Waals surface area contributed by atoms with Gasteiger partial charge in [-0.2, -0.15) is 11.8 Å². The second-order valence-electron chi connectivity index (χ2n) is 6.61. The van der Waals surface area contributed by atoms with E-state index in [4.69, 9.17) is 4.74 Å². The van der Waals surface area contributed by atoms with E-state index >= 15 is 0 Å². The third kappa shape index (κ3) is 6.41. The smallest absolute Gasteiger partial charge is 0.261 e. The quantitative estimate of drug-likeness (QED) is 0.642. The van der Waals surface area contributed by atoms with Crippen molar-refractivity contribution in [2.75, 3.05) is 12.3 Å². The summed E-state index contributed by atoms with van der Waals surface area (Å²) in [5, 5.41) is 3.00. The summed E-state index contributed by atoms with van der Waals surface area (Å²) in [6, 6.07) is 14.6. The standard InChI is InChI=1S/C22H29NO2S/c1-5-20(25-21-14-17(3)6-9-18(21)4)22(24)23-12-13-26-15-19-10-7-16(2)8-11-19/h6-11,14,20H,5,12-13,15H2,1-4H3,(H,23,24)/t20-/m0/s1. The number of amides is 1. The Morgan fingerprint density at radius 3 is 2.46 bits per heavy atom. The molecule has 0 fully saturated rings. The molecule has 0 aliphatic carbocycles. The van der Waals surface area contributed by atoms with E-state index in [1.54, 1.807) is 0 Å². The van der Waals surface area contributed by atoms with Gasteiger partial charge in [-0.1, -0.05) is 48.9 Å². The molecule has 0 aromatic heterocycles. The molecule has 0 saturated carbocycles. The van der Waals surface area contributed by atoms with Crippen LogP contribution in [0.2, 0.25) is 0 Å². The number of thioether (sulfide) groups is 1. The third-order valence-electron chi connectivity index (χ3n) is 4.21. The van der Waals surface area contributed by atoms with Crippen LogP contribution in [0.25, 0.3) is 0 Å². The van der Waals surface area contributed by atoms with Crippen molar-refractivity contribution in [3.8, 4) is 5.75 Å². The van der Waals surface area contributed by atoms with E-state index < -0.39 is 6.10 Å². The van der Waals surface area contributed by atoms with Crippen molar-refractivity contribution in [3.63, 3.8) is 0 Å². The summed E-state index contributed by atoms with van der Waals surface area (Å²) < 4.78 is 5.96. The predicted octanol–water partition coefficient (Wildman–Crippen LogP) is 4.82. The molecule has 2 aromatic rings. The van der Waals surface area contributed by atoms with Crippen LogP contribution in [0.3, 0.4) is 0 Å². The highest BCUT2D eigenvalue weighted by Gasteiger charge is 2.18. The SMILES string of the molecule is CC[C@H](Oc1cc(C)ccc1C)C(=O)NCCSCc1ccc(C)cc1. The van der Waals surface area contributed by atoms with Crippen molar-refractivity contribution in [1.29, 1.82) is 0 Å². The second-order valence-corrected chi connectivity index (χ2v) is 7.72. The summed E-state index contributed by atoms with van der Waals surface area (Å²) in [6.07, 6.45) is 0.202. The fourth-order valence-corrected chi connectivity index (χ4v) is 3.36. The highest BCUT2D eigenvalue weighted by atomic mass is 32.2. The maximum atomic E-state index is 12.4. The van der Waals surface area contributed by atoms with E-state index in [-0.39, 0.29) is 5.91 Å². The van der Waals surface area contributed by atoms with E-state index in [9.17, 15) is 4.79 Å². The molecule has 0 unspecified atom stereocenters. The van der Waals surface area contributed by atoms with Gasteiger partial charge >= 0.3 is 0 Å². The number of aryl methyl sites for hydroxylation is 3. The molecule has 4 heteroatoms. The Kier molecular flexibility index (Phi) is 8.05. The lowest BCUT2D eigenvalue weighted by Crippen LogP contribution is -2.39. The third-order valence-corrected chi connectivity index (χ3v) is 5.24. The van der Waals surface area contributed by atoms with Gasteiger partial charge in [-0.15, -0.1) is 0 Å². The molecule has 0 radical (unpaired) electrons. The topological polar surface area (TPSA) is 38.3 Å². The highest BCUT2D eigenvalue weighted by molar-refractivity contribution is 7.98. The molecular formula is C22H29NO2S. The molecule has 3 nitrogen and oxygen atoms in total. The number of hydrogen-bond acceptors (Lipinski definition) is 3. The summed E-state index contributed by atoms with van der Waals surface area (Å²) in [5.74, 6) is 2.61. The van der Waals surface area contributed by atoms with E-state index in [0.29, 0.717) is 13.0 Å². The zero-order valence-corrected chi connectivity index (χ0v) is 17.0. The fourth-order valence-electron chi connectivity index (χ4n) is 2.54. The molecule has 0 heterocycles. The summed E-state index contributed by atoms with van der Waals surface area (Å²) in [5.41, 5.74) is 4.78. The van der Waals surface area contributed by atoms with Gasteiger partial charge in [0.05, 0.1) is 0 Å². The van der Waals surface area contributed by atoms with Crippen LogP contribution in [0, 0.1) is 20.8 Å². The zero-order valence-electron chi connectivity index (χ0n) is 16.2. The zero-order chi connectivity index (χ0) is 18.9. The predicted molar refractivity (Wildman–Crippen MR) is 111 cm³/mol. The largest absolute Gasteiger partial charge is 0.480 e. The molecule has 2 rings (SSSR count). The van der Waals surface area contributed by atoms with Gasteiger partial charge in [0.25, 0.3) is 5.91 Å². The summed E-state index contributed by atoms with van der Waals surface area (Å²) in [4.78, 5) is 12.4. The Balaban J connectivity index is 1.74. The Hall–Kier alpha value is -1.94. The molecule has 1 atom stereocenters. The van der Waals surface area contributed by atoms with Crippen LogP contribution in [0.5, 0.6) is 5.75 Å². The molecular weight excluding hydrogens is 342 g/mol. The van der Waals surface area contributed by atoms with Crippen molar-refractivity contribution >= 4 is 17.7 Å². The number of hydrogen-bond donors (Lipinski definition) is 1. The first kappa shape index (κ1) is 20.4. The van der Waals surface area contributed by atoms with E-state index in [1.807, 2.05) is 44.7 Å². The molecule has 0 saturated heterocycles. The van der Waals surface area contributed by atoms with Gasteiger partial charge in [0, 0.05) is 18.1 Å². The van der Waals surface area contributed by atoms with Gasteiger partial charge in [0.1, 0.15) is 5.75 Å². The number of rotatable bonds is 9. The van der Waals surface area contributed by atoms with Gasteiger partial charge in [0.15, 0.2) is 6.10 Å². The minimum atomic E-state index is -0.447. The molecule has 1 amide bonds. The van der Waals surface area contributed by atoms with Crippen molar-refractivity contribution in [2.24, 2.45) is 0 Å². The van der Waals surface area contributed by atoms with Gasteiger partial charge in [-0.05, 0) is 49.9 Å². The normalized spacial score (nSPS) is 11.8. The van der Waals surface area contributed by atoms with E-state index in [2.05, 4.69) is 42.6 Å². The van der Waals surface area contributed by atoms with Crippen LogP contribution in [0.4, 0.5) is 0 Å². The van der Waals surface area contributed by atoms with E-state index in [1.165, 1.54) is 11.1 Å². The lowest BCUT2D eigenvalue weighted by Gasteiger charge is -2.19. The number of ether oxygens (including phenoxy) is 1. The number of nitrogens with one attached hydrogen (secondary N) is 1. The number of benzene rings is 2. The Bertz CT molecular complexity index is 713. The summed E-state index contributed by atoms with van der Waals surface area (Å²) >= 11 is 1.83. The first-order valence-electron chi connectivity index (χ1n) is 9.14. The van der Waals surface area contributed by atoms with E-state index in [0.717, 1.165) is 28.4 Å². The molecule has 1 N–H and O–H groups in total. The Morgan fingerprint density at radius 2 is 1.77 bits per heavy atom. The maximum Gasteiger partial charge on any atom is 0.261 e. The van der Waals surface area contributed by atoms with Gasteiger partial charge in [-0.25, -0.2) is 0 Å². The first-order chi connectivity index (χ1) is 12.5. The van der Waals surface area contributed by atoms with Crippen LogP contribution in [0.1, 0.15) is 35.6 Å². The van der Waals surface area contributed by atoms with Gasteiger partial charge in [0.2, 0.25) is 0 Å². The highest BCUT2D eigenvalue weighted by Crippen LogP contribution is 2.21. The molecule has 0 aliphatic rings. The second kappa shape index (κ2) is 10.3. The van der Waals surface area contributed by atoms with Crippen LogP contribution in [-0.4, -0.2) is 24.3 Å². The Morgan fingerprint density at radius 1 is 1.08 bits per heavy atom. The number of carbonyl (C=O) groups excluding carboxylic acids is 1. The van der Waals surface area contributed by atoms with Crippen molar-refractivity contribution in [3.05, 3.63) is 64.7 Å². The van der Waals surface area contributed by atoms with Crippen molar-refractivity contribution < 1.29 is 9.53 Å². The van der Waals surface area contributed by atoms with Gasteiger partial charge in [-0.3, -0.25) is 4.79 Å². The monoisotopic (exact) mass is 371 g/mol. The lowest BCUT2D eigenvalue weighted by atomic mass is 10.1. The lowest BCUT2D eigenvalue weighted by molar-refractivity contribution is -0.128. The van der Waals surface area contributed by atoms with Crippen molar-refractivity contribution in [2.45, 2.75) is 46.0 Å². The minimum absolute atomic E-state index is 0.0376. The van der Waals surface area contributed by atoms with Crippen molar-refractivity contribution in [1.82, 2.24) is 5.32 Å². The number of carbonyl (C=O) groups is 1. The average molecular weight is 372 g/mol. The Labute approximate surface area is 161 Å². The molecule has 0 bridgehead atoms. The van der Waals surface area contributed by atoms with Crippen LogP contribution < -0.4 is 10.1 Å². The average Bonchev–Trinajstić information content (AvgIpc) is 2.63. The molecule has 26 heavy (non-hydrogen) atoms. The molecule has 140 valence electrons. The molecule has 0 spiro atoms. The van der Waals surface area contributed by atoms with Crippen LogP contribution in [0.15, 0.2) is 42.5 Å². The van der Waals surface area contributed by atoms with Crippen LogP contribution >= 0.6 is 11.8 Å². The summed E-state index contributed by atoms with van der Waals surface area (Å²) in [7, 11) is 0. The molecule has 2 aromatic carbocycles. The maximum absolute atomic E-state index is 12.4. The minimum Gasteiger partial charge on any atom is -0.480 e. The van der Waals surface area contributed by atoms with Gasteiger partial charge < -0.3 is 10.1 Å². The first-order valence-corrected chi connectivity index (χ1v) is 10.3. The fraction of sp³-hybridized carbons (Fsp3) is 0.409.